The number of piperazine rings is 1. The topological polar surface area (TPSA) is 47.6 Å². The van der Waals surface area contributed by atoms with Crippen LogP contribution in [0, 0.1) is 12.8 Å². The first-order valence-corrected chi connectivity index (χ1v) is 9.46. The van der Waals surface area contributed by atoms with Gasteiger partial charge in [0.1, 0.15) is 0 Å². The SMILES string of the molecule is Cc1ccc(C(CNC(=O)NCCC(C)C)N2CCN(C)CC2)cc1. The molecule has 2 N–H and O–H groups in total. The van der Waals surface area contributed by atoms with E-state index in [1.54, 1.807) is 0 Å². The highest BCUT2D eigenvalue weighted by atomic mass is 16.2. The van der Waals surface area contributed by atoms with Gasteiger partial charge in [0.05, 0.1) is 6.04 Å². The van der Waals surface area contributed by atoms with Crippen LogP contribution in [0.3, 0.4) is 0 Å². The summed E-state index contributed by atoms with van der Waals surface area (Å²) in [6.45, 7) is 12.0. The Balaban J connectivity index is 1.94. The van der Waals surface area contributed by atoms with E-state index in [0.717, 1.165) is 39.1 Å². The molecular formula is C20H34N4O. The van der Waals surface area contributed by atoms with Crippen molar-refractivity contribution in [1.29, 1.82) is 0 Å². The highest BCUT2D eigenvalue weighted by Gasteiger charge is 2.24. The van der Waals surface area contributed by atoms with E-state index in [2.05, 4.69) is 72.5 Å². The Morgan fingerprint density at radius 1 is 1.08 bits per heavy atom. The maximum Gasteiger partial charge on any atom is 0.314 e. The van der Waals surface area contributed by atoms with E-state index in [1.165, 1.54) is 11.1 Å². The molecule has 1 aromatic carbocycles. The molecule has 2 amide bonds. The molecule has 140 valence electrons. The van der Waals surface area contributed by atoms with Crippen LogP contribution < -0.4 is 10.6 Å². The third-order valence-corrected chi connectivity index (χ3v) is 4.90. The molecule has 1 saturated heterocycles. The van der Waals surface area contributed by atoms with E-state index in [1.807, 2.05) is 0 Å². The first-order chi connectivity index (χ1) is 12.0. The minimum absolute atomic E-state index is 0.0631. The van der Waals surface area contributed by atoms with Crippen molar-refractivity contribution >= 4 is 6.03 Å². The zero-order chi connectivity index (χ0) is 18.2. The van der Waals surface area contributed by atoms with Crippen LogP contribution in [0.4, 0.5) is 4.79 Å². The Bertz CT molecular complexity index is 521. The van der Waals surface area contributed by atoms with Gasteiger partial charge < -0.3 is 15.5 Å². The summed E-state index contributed by atoms with van der Waals surface area (Å²) in [7, 11) is 2.17. The highest BCUT2D eigenvalue weighted by molar-refractivity contribution is 5.73. The van der Waals surface area contributed by atoms with Crippen molar-refractivity contribution in [3.63, 3.8) is 0 Å². The molecule has 1 atom stereocenters. The minimum atomic E-state index is -0.0631. The van der Waals surface area contributed by atoms with Gasteiger partial charge in [0.2, 0.25) is 0 Å². The molecular weight excluding hydrogens is 312 g/mol. The fourth-order valence-electron chi connectivity index (χ4n) is 3.11. The van der Waals surface area contributed by atoms with E-state index in [-0.39, 0.29) is 12.1 Å². The smallest absolute Gasteiger partial charge is 0.314 e. The number of hydrogen-bond acceptors (Lipinski definition) is 3. The molecule has 2 rings (SSSR count). The largest absolute Gasteiger partial charge is 0.338 e. The van der Waals surface area contributed by atoms with Crippen molar-refractivity contribution in [1.82, 2.24) is 20.4 Å². The molecule has 5 heteroatoms. The lowest BCUT2D eigenvalue weighted by Crippen LogP contribution is -2.49. The number of hydrogen-bond donors (Lipinski definition) is 2. The third-order valence-electron chi connectivity index (χ3n) is 4.90. The normalized spacial score (nSPS) is 17.5. The molecule has 1 aliphatic heterocycles. The molecule has 5 nitrogen and oxygen atoms in total. The number of rotatable bonds is 7. The van der Waals surface area contributed by atoms with Gasteiger partial charge in [-0.05, 0) is 31.9 Å². The van der Waals surface area contributed by atoms with Crippen molar-refractivity contribution in [3.05, 3.63) is 35.4 Å². The van der Waals surface area contributed by atoms with Crippen LogP contribution in [0.5, 0.6) is 0 Å². The number of nitrogens with zero attached hydrogens (tertiary/aromatic N) is 2. The van der Waals surface area contributed by atoms with Crippen molar-refractivity contribution in [2.75, 3.05) is 46.3 Å². The molecule has 1 heterocycles. The Hall–Kier alpha value is -1.59. The number of likely N-dealkylation sites (N-methyl/N-ethyl adjacent to an activating group) is 1. The summed E-state index contributed by atoms with van der Waals surface area (Å²) in [6.07, 6.45) is 1.01. The van der Waals surface area contributed by atoms with E-state index in [4.69, 9.17) is 0 Å². The Morgan fingerprint density at radius 3 is 2.32 bits per heavy atom. The lowest BCUT2D eigenvalue weighted by Gasteiger charge is -2.38. The summed E-state index contributed by atoms with van der Waals surface area (Å²) in [5, 5.41) is 6.04. The average Bonchev–Trinajstić information content (AvgIpc) is 2.57. The molecule has 1 unspecified atom stereocenters. The Morgan fingerprint density at radius 2 is 1.72 bits per heavy atom. The van der Waals surface area contributed by atoms with Crippen molar-refractivity contribution in [2.24, 2.45) is 5.92 Å². The van der Waals surface area contributed by atoms with Crippen LogP contribution in [0.15, 0.2) is 24.3 Å². The molecule has 0 aromatic heterocycles. The molecule has 0 spiro atoms. The first kappa shape index (κ1) is 19.7. The van der Waals surface area contributed by atoms with Crippen LogP contribution in [-0.2, 0) is 0 Å². The van der Waals surface area contributed by atoms with E-state index >= 15 is 0 Å². The molecule has 1 aromatic rings. The second kappa shape index (κ2) is 9.78. The summed E-state index contributed by atoms with van der Waals surface area (Å²) in [5.41, 5.74) is 2.54. The van der Waals surface area contributed by atoms with E-state index < -0.39 is 0 Å². The number of aryl methyl sites for hydroxylation is 1. The second-order valence-electron chi connectivity index (χ2n) is 7.59. The van der Waals surface area contributed by atoms with Crippen LogP contribution in [0.25, 0.3) is 0 Å². The lowest BCUT2D eigenvalue weighted by molar-refractivity contribution is 0.111. The second-order valence-corrected chi connectivity index (χ2v) is 7.59. The summed E-state index contributed by atoms with van der Waals surface area (Å²) in [4.78, 5) is 16.9. The van der Waals surface area contributed by atoms with Gasteiger partial charge in [0.25, 0.3) is 0 Å². The maximum absolute atomic E-state index is 12.1. The monoisotopic (exact) mass is 346 g/mol. The van der Waals surface area contributed by atoms with Crippen LogP contribution in [0.1, 0.15) is 37.4 Å². The minimum Gasteiger partial charge on any atom is -0.338 e. The maximum atomic E-state index is 12.1. The fourth-order valence-corrected chi connectivity index (χ4v) is 3.11. The van der Waals surface area contributed by atoms with Gasteiger partial charge in [-0.3, -0.25) is 4.90 Å². The molecule has 0 saturated carbocycles. The average molecular weight is 347 g/mol. The van der Waals surface area contributed by atoms with Crippen molar-refractivity contribution in [3.8, 4) is 0 Å². The van der Waals surface area contributed by atoms with Gasteiger partial charge in [0, 0.05) is 39.3 Å². The predicted octanol–water partition coefficient (Wildman–Crippen LogP) is 2.63. The van der Waals surface area contributed by atoms with Gasteiger partial charge in [-0.15, -0.1) is 0 Å². The van der Waals surface area contributed by atoms with Crippen LogP contribution in [0.2, 0.25) is 0 Å². The molecule has 0 aliphatic carbocycles. The summed E-state index contributed by atoms with van der Waals surface area (Å²) >= 11 is 0. The van der Waals surface area contributed by atoms with Crippen molar-refractivity contribution in [2.45, 2.75) is 33.2 Å². The summed E-state index contributed by atoms with van der Waals surface area (Å²) in [5.74, 6) is 0.603. The number of carbonyl (C=O) groups is 1. The van der Waals surface area contributed by atoms with Gasteiger partial charge in [-0.1, -0.05) is 43.7 Å². The third kappa shape index (κ3) is 6.67. The van der Waals surface area contributed by atoms with Crippen molar-refractivity contribution < 1.29 is 4.79 Å². The quantitative estimate of drug-likeness (QED) is 0.798. The van der Waals surface area contributed by atoms with Gasteiger partial charge in [0.15, 0.2) is 0 Å². The zero-order valence-electron chi connectivity index (χ0n) is 16.2. The number of nitrogens with one attached hydrogen (secondary N) is 2. The molecule has 0 bridgehead atoms. The molecule has 1 aliphatic rings. The molecule has 25 heavy (non-hydrogen) atoms. The van der Waals surface area contributed by atoms with Crippen LogP contribution in [-0.4, -0.2) is 62.1 Å². The fraction of sp³-hybridized carbons (Fsp3) is 0.650. The van der Waals surface area contributed by atoms with Gasteiger partial charge >= 0.3 is 6.03 Å². The standard InChI is InChI=1S/C20H34N4O/c1-16(2)9-10-21-20(25)22-15-19(18-7-5-17(3)6-8-18)24-13-11-23(4)12-14-24/h5-8,16,19H,9-15H2,1-4H3,(H2,21,22,25). The zero-order valence-corrected chi connectivity index (χ0v) is 16.2. The van der Waals surface area contributed by atoms with E-state index in [9.17, 15) is 4.79 Å². The number of benzene rings is 1. The van der Waals surface area contributed by atoms with Gasteiger partial charge in [-0.2, -0.15) is 0 Å². The molecule has 0 radical (unpaired) electrons. The number of amides is 2. The number of urea groups is 1. The highest BCUT2D eigenvalue weighted by Crippen LogP contribution is 2.22. The summed E-state index contributed by atoms with van der Waals surface area (Å²) in [6, 6.07) is 8.85. The Labute approximate surface area is 152 Å². The lowest BCUT2D eigenvalue weighted by atomic mass is 10.0. The summed E-state index contributed by atoms with van der Waals surface area (Å²) < 4.78 is 0. The predicted molar refractivity (Wildman–Crippen MR) is 104 cm³/mol. The van der Waals surface area contributed by atoms with Crippen LogP contribution >= 0.6 is 0 Å². The molecule has 1 fully saturated rings. The first-order valence-electron chi connectivity index (χ1n) is 9.46. The Kier molecular flexibility index (Phi) is 7.72. The van der Waals surface area contributed by atoms with E-state index in [0.29, 0.717) is 12.5 Å². The number of carbonyl (C=O) groups excluding carboxylic acids is 1. The van der Waals surface area contributed by atoms with Gasteiger partial charge in [-0.25, -0.2) is 4.79 Å².